The molecule has 1 aromatic carbocycles. The van der Waals surface area contributed by atoms with Crippen molar-refractivity contribution in [2.75, 3.05) is 19.6 Å². The zero-order valence-electron chi connectivity index (χ0n) is 25.2. The van der Waals surface area contributed by atoms with Crippen LogP contribution in [0.1, 0.15) is 49.0 Å². The molecule has 2 aliphatic rings. The number of aliphatic carboxylic acids is 2. The van der Waals surface area contributed by atoms with Gasteiger partial charge in [0.15, 0.2) is 0 Å². The summed E-state index contributed by atoms with van der Waals surface area (Å²) in [5, 5.41) is 14.2. The molecule has 10 nitrogen and oxygen atoms in total. The average Bonchev–Trinajstić information content (AvgIpc) is 3.68. The lowest BCUT2D eigenvalue weighted by atomic mass is 9.75. The van der Waals surface area contributed by atoms with Crippen LogP contribution in [0.25, 0.3) is 0 Å². The van der Waals surface area contributed by atoms with Crippen molar-refractivity contribution in [3.8, 4) is 0 Å². The summed E-state index contributed by atoms with van der Waals surface area (Å²) < 4.78 is 79.4. The fourth-order valence-electron chi connectivity index (χ4n) is 5.40. The Morgan fingerprint density at radius 1 is 0.979 bits per heavy atom. The number of alkyl halides is 6. The number of aromatic nitrogens is 3. The third kappa shape index (κ3) is 9.73. The molecule has 1 spiro atoms. The monoisotopic (exact) mass is 675 g/mol. The van der Waals surface area contributed by atoms with E-state index in [0.717, 1.165) is 36.3 Å². The van der Waals surface area contributed by atoms with Crippen molar-refractivity contribution >= 4 is 17.8 Å². The van der Waals surface area contributed by atoms with Gasteiger partial charge in [0.25, 0.3) is 0 Å². The number of hydrogen-bond donors (Lipinski definition) is 2. The summed E-state index contributed by atoms with van der Waals surface area (Å²) >= 11 is 0. The molecular formula is C30H32F7N5O5. The predicted molar refractivity (Wildman–Crippen MR) is 151 cm³/mol. The van der Waals surface area contributed by atoms with E-state index in [1.165, 1.54) is 6.07 Å². The maximum atomic E-state index is 13.9. The summed E-state index contributed by atoms with van der Waals surface area (Å²) in [5.41, 5.74) is 2.49. The van der Waals surface area contributed by atoms with E-state index < -0.39 is 29.7 Å². The van der Waals surface area contributed by atoms with E-state index in [4.69, 9.17) is 24.8 Å². The number of benzene rings is 1. The van der Waals surface area contributed by atoms with Crippen molar-refractivity contribution in [3.05, 3.63) is 84.0 Å². The van der Waals surface area contributed by atoms with Crippen molar-refractivity contribution in [3.63, 3.8) is 0 Å². The largest absolute Gasteiger partial charge is 0.490 e. The van der Waals surface area contributed by atoms with E-state index in [2.05, 4.69) is 34.5 Å². The lowest BCUT2D eigenvalue weighted by molar-refractivity contribution is -0.193. The first-order chi connectivity index (χ1) is 21.8. The Morgan fingerprint density at radius 2 is 1.57 bits per heavy atom. The highest BCUT2D eigenvalue weighted by atomic mass is 19.4. The van der Waals surface area contributed by atoms with Gasteiger partial charge in [-0.25, -0.2) is 19.0 Å². The Kier molecular flexibility index (Phi) is 11.7. The summed E-state index contributed by atoms with van der Waals surface area (Å²) in [6, 6.07) is 11.0. The van der Waals surface area contributed by atoms with Crippen LogP contribution >= 0.6 is 0 Å². The van der Waals surface area contributed by atoms with Gasteiger partial charge in [-0.15, -0.1) is 0 Å². The summed E-state index contributed by atoms with van der Waals surface area (Å²) in [5.74, 6) is -5.53. The maximum Gasteiger partial charge on any atom is 0.490 e. The standard InChI is InChI=1S/C26H30FN5O.2C2HF3O2/c1-19(2)32-16-24(29-18-32)23-15-30(13-21-4-3-5-22(27)12-21)17-26(23)8-11-31(25(26)33)14-20-6-9-28-10-7-20;2*3-2(4,5)1(6)7/h3-7,9-10,12,16,18-19,23H,8,11,13-15,17H2,1-2H3;2*(H,6,7). The molecule has 3 aromatic rings. The number of hydrogen-bond acceptors (Lipinski definition) is 6. The van der Waals surface area contributed by atoms with E-state index in [9.17, 15) is 35.5 Å². The second-order valence-electron chi connectivity index (χ2n) is 11.3. The van der Waals surface area contributed by atoms with Crippen molar-refractivity contribution in [1.82, 2.24) is 24.3 Å². The topological polar surface area (TPSA) is 129 Å². The van der Waals surface area contributed by atoms with Crippen LogP contribution in [-0.2, 0) is 27.5 Å². The molecule has 0 radical (unpaired) electrons. The molecule has 4 heterocycles. The minimum atomic E-state index is -5.08. The normalized spacial score (nSPS) is 19.7. The molecule has 2 fully saturated rings. The highest BCUT2D eigenvalue weighted by molar-refractivity contribution is 5.86. The molecule has 0 bridgehead atoms. The molecule has 1 amide bonds. The number of amides is 1. The van der Waals surface area contributed by atoms with Crippen LogP contribution in [0.4, 0.5) is 30.7 Å². The molecule has 0 aliphatic carbocycles. The first-order valence-electron chi connectivity index (χ1n) is 14.1. The number of rotatable bonds is 6. The van der Waals surface area contributed by atoms with Gasteiger partial charge in [0, 0.05) is 63.3 Å². The number of carbonyl (C=O) groups excluding carboxylic acids is 1. The highest BCUT2D eigenvalue weighted by Crippen LogP contribution is 2.50. The van der Waals surface area contributed by atoms with Crippen LogP contribution in [0.15, 0.2) is 61.3 Å². The zero-order valence-corrected chi connectivity index (χ0v) is 25.2. The maximum absolute atomic E-state index is 13.9. The molecule has 2 unspecified atom stereocenters. The zero-order chi connectivity index (χ0) is 35.2. The van der Waals surface area contributed by atoms with Crippen LogP contribution < -0.4 is 0 Å². The van der Waals surface area contributed by atoms with Crippen LogP contribution in [0.3, 0.4) is 0 Å². The van der Waals surface area contributed by atoms with Crippen molar-refractivity contribution in [2.24, 2.45) is 5.41 Å². The number of likely N-dealkylation sites (tertiary alicyclic amines) is 2. The van der Waals surface area contributed by atoms with E-state index in [1.807, 2.05) is 29.4 Å². The van der Waals surface area contributed by atoms with Gasteiger partial charge in [0.2, 0.25) is 5.91 Å². The fourth-order valence-corrected chi connectivity index (χ4v) is 5.40. The SMILES string of the molecule is CC(C)n1cnc(C2CN(Cc3cccc(F)c3)CC23CCN(Cc2ccncc2)C3=O)c1.O=C(O)C(F)(F)F.O=C(O)C(F)(F)F. The lowest BCUT2D eigenvalue weighted by Gasteiger charge is -2.28. The number of nitrogens with zero attached hydrogens (tertiary/aromatic N) is 5. The molecule has 2 N–H and O–H groups in total. The molecule has 2 atom stereocenters. The summed E-state index contributed by atoms with van der Waals surface area (Å²) in [7, 11) is 0. The highest BCUT2D eigenvalue weighted by Gasteiger charge is 2.57. The van der Waals surface area contributed by atoms with Crippen LogP contribution in [0, 0.1) is 11.2 Å². The Balaban J connectivity index is 0.000000360. The van der Waals surface area contributed by atoms with Crippen LogP contribution in [-0.4, -0.2) is 84.4 Å². The molecular weight excluding hydrogens is 643 g/mol. The first-order valence-corrected chi connectivity index (χ1v) is 14.1. The predicted octanol–water partition coefficient (Wildman–Crippen LogP) is 5.28. The molecule has 2 aromatic heterocycles. The van der Waals surface area contributed by atoms with Gasteiger partial charge in [0.05, 0.1) is 17.4 Å². The van der Waals surface area contributed by atoms with Gasteiger partial charge in [-0.2, -0.15) is 26.3 Å². The average molecular weight is 676 g/mol. The molecule has 47 heavy (non-hydrogen) atoms. The molecule has 2 saturated heterocycles. The van der Waals surface area contributed by atoms with Gasteiger partial charge in [-0.05, 0) is 55.7 Å². The minimum Gasteiger partial charge on any atom is -0.475 e. The smallest absolute Gasteiger partial charge is 0.475 e. The van der Waals surface area contributed by atoms with Gasteiger partial charge in [-0.1, -0.05) is 12.1 Å². The second kappa shape index (κ2) is 14.9. The number of pyridine rings is 1. The number of carbonyl (C=O) groups is 3. The molecule has 17 heteroatoms. The summed E-state index contributed by atoms with van der Waals surface area (Å²) in [6.07, 6.45) is -1.86. The minimum absolute atomic E-state index is 0.0148. The number of carboxylic acids is 2. The van der Waals surface area contributed by atoms with E-state index >= 15 is 0 Å². The van der Waals surface area contributed by atoms with Gasteiger partial charge < -0.3 is 19.7 Å². The number of halogens is 7. The Morgan fingerprint density at radius 3 is 2.09 bits per heavy atom. The van der Waals surface area contributed by atoms with Crippen molar-refractivity contribution < 1.29 is 55.3 Å². The van der Waals surface area contributed by atoms with Crippen LogP contribution in [0.2, 0.25) is 0 Å². The first kappa shape index (κ1) is 36.9. The quantitative estimate of drug-likeness (QED) is 0.338. The summed E-state index contributed by atoms with van der Waals surface area (Å²) in [6.45, 7) is 7.61. The number of carboxylic acid groups (broad SMARTS) is 2. The van der Waals surface area contributed by atoms with Crippen molar-refractivity contribution in [1.29, 1.82) is 0 Å². The Bertz CT molecular complexity index is 1510. The fraction of sp³-hybridized carbons (Fsp3) is 0.433. The van der Waals surface area contributed by atoms with E-state index in [-0.39, 0.29) is 17.6 Å². The van der Waals surface area contributed by atoms with Crippen molar-refractivity contribution in [2.45, 2.75) is 57.7 Å². The molecule has 0 saturated carbocycles. The molecule has 2 aliphatic heterocycles. The molecule has 256 valence electrons. The summed E-state index contributed by atoms with van der Waals surface area (Å²) in [4.78, 5) is 44.8. The third-order valence-corrected chi connectivity index (χ3v) is 7.63. The third-order valence-electron chi connectivity index (χ3n) is 7.63. The lowest BCUT2D eigenvalue weighted by Crippen LogP contribution is -2.39. The Hall–Kier alpha value is -4.54. The number of imidazole rings is 1. The van der Waals surface area contributed by atoms with Gasteiger partial charge in [-0.3, -0.25) is 14.7 Å². The van der Waals surface area contributed by atoms with Crippen LogP contribution in [0.5, 0.6) is 0 Å². The van der Waals surface area contributed by atoms with Gasteiger partial charge in [0.1, 0.15) is 5.82 Å². The van der Waals surface area contributed by atoms with E-state index in [0.29, 0.717) is 25.7 Å². The van der Waals surface area contributed by atoms with E-state index in [1.54, 1.807) is 24.5 Å². The second-order valence-corrected chi connectivity index (χ2v) is 11.3. The van der Waals surface area contributed by atoms with Gasteiger partial charge >= 0.3 is 24.3 Å². The molecule has 5 rings (SSSR count). The Labute approximate surface area is 264 Å².